The summed E-state index contributed by atoms with van der Waals surface area (Å²) in [7, 11) is 0. The van der Waals surface area contributed by atoms with E-state index in [2.05, 4.69) is 4.98 Å². The second kappa shape index (κ2) is 6.60. The highest BCUT2D eigenvalue weighted by Gasteiger charge is 2.15. The first-order valence-corrected chi connectivity index (χ1v) is 6.21. The molecule has 0 unspecified atom stereocenters. The van der Waals surface area contributed by atoms with E-state index in [0.29, 0.717) is 25.5 Å². The van der Waals surface area contributed by atoms with E-state index in [1.165, 1.54) is 11.3 Å². The average molecular weight is 243 g/mol. The van der Waals surface area contributed by atoms with Crippen LogP contribution in [0.1, 0.15) is 34.2 Å². The summed E-state index contributed by atoms with van der Waals surface area (Å²) in [5, 5.41) is 0.925. The molecule has 0 amide bonds. The monoisotopic (exact) mass is 243 g/mol. The van der Waals surface area contributed by atoms with Gasteiger partial charge < -0.3 is 9.47 Å². The van der Waals surface area contributed by atoms with Gasteiger partial charge in [-0.05, 0) is 20.8 Å². The molecule has 16 heavy (non-hydrogen) atoms. The molecule has 1 rings (SSSR count). The molecular weight excluding hydrogens is 226 g/mol. The molecule has 1 heterocycles. The SMILES string of the molecule is CCOCCc1nc(C(=O)OCC)c(C)s1. The Labute approximate surface area is 99.6 Å². The number of thiazole rings is 1. The number of rotatable bonds is 6. The van der Waals surface area contributed by atoms with Gasteiger partial charge in [-0.25, -0.2) is 9.78 Å². The maximum atomic E-state index is 11.5. The van der Waals surface area contributed by atoms with E-state index in [9.17, 15) is 4.79 Å². The number of hydrogen-bond donors (Lipinski definition) is 0. The van der Waals surface area contributed by atoms with Crippen LogP contribution in [0.4, 0.5) is 0 Å². The minimum Gasteiger partial charge on any atom is -0.461 e. The van der Waals surface area contributed by atoms with Crippen molar-refractivity contribution in [1.82, 2.24) is 4.98 Å². The number of aryl methyl sites for hydroxylation is 1. The number of ether oxygens (including phenoxy) is 2. The van der Waals surface area contributed by atoms with Gasteiger partial charge in [0.2, 0.25) is 0 Å². The fraction of sp³-hybridized carbons (Fsp3) is 0.636. The third kappa shape index (κ3) is 3.57. The number of carbonyl (C=O) groups is 1. The minimum absolute atomic E-state index is 0.334. The molecule has 0 bridgehead atoms. The summed E-state index contributed by atoms with van der Waals surface area (Å²) in [6.45, 7) is 7.35. The first-order valence-electron chi connectivity index (χ1n) is 5.40. The maximum absolute atomic E-state index is 11.5. The summed E-state index contributed by atoms with van der Waals surface area (Å²) >= 11 is 1.53. The molecule has 90 valence electrons. The van der Waals surface area contributed by atoms with Crippen LogP contribution in [0.5, 0.6) is 0 Å². The lowest BCUT2D eigenvalue weighted by Crippen LogP contribution is -2.07. The zero-order chi connectivity index (χ0) is 12.0. The van der Waals surface area contributed by atoms with Crippen molar-refractivity contribution in [3.63, 3.8) is 0 Å². The fourth-order valence-corrected chi connectivity index (χ4v) is 2.15. The Morgan fingerprint density at radius 3 is 2.75 bits per heavy atom. The number of aromatic nitrogens is 1. The van der Waals surface area contributed by atoms with Crippen LogP contribution in [0.25, 0.3) is 0 Å². The van der Waals surface area contributed by atoms with Crippen molar-refractivity contribution in [2.75, 3.05) is 19.8 Å². The lowest BCUT2D eigenvalue weighted by atomic mass is 10.4. The van der Waals surface area contributed by atoms with Gasteiger partial charge in [0.05, 0.1) is 18.2 Å². The third-order valence-electron chi connectivity index (χ3n) is 1.97. The van der Waals surface area contributed by atoms with Crippen LogP contribution in [-0.4, -0.2) is 30.8 Å². The predicted octanol–water partition coefficient (Wildman–Crippen LogP) is 2.21. The smallest absolute Gasteiger partial charge is 0.358 e. The molecule has 0 atom stereocenters. The number of nitrogens with zero attached hydrogens (tertiary/aromatic N) is 1. The van der Waals surface area contributed by atoms with Crippen LogP contribution in [0.3, 0.4) is 0 Å². The molecule has 0 radical (unpaired) electrons. The Morgan fingerprint density at radius 1 is 1.38 bits per heavy atom. The lowest BCUT2D eigenvalue weighted by Gasteiger charge is -1.98. The number of esters is 1. The van der Waals surface area contributed by atoms with Crippen molar-refractivity contribution in [2.45, 2.75) is 27.2 Å². The summed E-state index contributed by atoms with van der Waals surface area (Å²) in [4.78, 5) is 16.7. The second-order valence-corrected chi connectivity index (χ2v) is 4.47. The van der Waals surface area contributed by atoms with Gasteiger partial charge in [0.15, 0.2) is 5.69 Å². The highest BCUT2D eigenvalue weighted by atomic mass is 32.1. The Kier molecular flexibility index (Phi) is 5.42. The molecule has 0 aliphatic heterocycles. The van der Waals surface area contributed by atoms with Crippen LogP contribution in [0.2, 0.25) is 0 Å². The molecule has 4 nitrogen and oxygen atoms in total. The Hall–Kier alpha value is -0.940. The zero-order valence-corrected chi connectivity index (χ0v) is 10.7. The summed E-state index contributed by atoms with van der Waals surface area (Å²) in [6, 6.07) is 0. The first kappa shape index (κ1) is 13.1. The van der Waals surface area contributed by atoms with Crippen molar-refractivity contribution in [2.24, 2.45) is 0 Å². The summed E-state index contributed by atoms with van der Waals surface area (Å²) in [5.41, 5.74) is 0.443. The largest absolute Gasteiger partial charge is 0.461 e. The Bertz CT molecular complexity index is 349. The molecule has 1 aromatic rings. The van der Waals surface area contributed by atoms with Gasteiger partial charge in [-0.1, -0.05) is 0 Å². The topological polar surface area (TPSA) is 48.4 Å². The van der Waals surface area contributed by atoms with Crippen molar-refractivity contribution < 1.29 is 14.3 Å². The van der Waals surface area contributed by atoms with E-state index in [1.54, 1.807) is 6.92 Å². The van der Waals surface area contributed by atoms with Gasteiger partial charge in [-0.15, -0.1) is 11.3 Å². The normalized spacial score (nSPS) is 10.4. The summed E-state index contributed by atoms with van der Waals surface area (Å²) < 4.78 is 10.2. The van der Waals surface area contributed by atoms with Crippen LogP contribution >= 0.6 is 11.3 Å². The fourth-order valence-electron chi connectivity index (χ4n) is 1.25. The molecule has 0 fully saturated rings. The van der Waals surface area contributed by atoms with Crippen LogP contribution < -0.4 is 0 Å². The Morgan fingerprint density at radius 2 is 2.12 bits per heavy atom. The first-order chi connectivity index (χ1) is 7.69. The van der Waals surface area contributed by atoms with E-state index in [-0.39, 0.29) is 5.97 Å². The van der Waals surface area contributed by atoms with Gasteiger partial charge in [-0.2, -0.15) is 0 Å². The lowest BCUT2D eigenvalue weighted by molar-refractivity contribution is 0.0519. The number of carbonyl (C=O) groups excluding carboxylic acids is 1. The van der Waals surface area contributed by atoms with Crippen LogP contribution in [-0.2, 0) is 15.9 Å². The quantitative estimate of drug-likeness (QED) is 0.567. The zero-order valence-electron chi connectivity index (χ0n) is 9.91. The van der Waals surface area contributed by atoms with Gasteiger partial charge in [0.1, 0.15) is 0 Å². The van der Waals surface area contributed by atoms with E-state index in [1.807, 2.05) is 13.8 Å². The van der Waals surface area contributed by atoms with Gasteiger partial charge >= 0.3 is 5.97 Å². The average Bonchev–Trinajstić information content (AvgIpc) is 2.61. The van der Waals surface area contributed by atoms with Crippen molar-refractivity contribution in [3.8, 4) is 0 Å². The molecule has 0 saturated heterocycles. The van der Waals surface area contributed by atoms with E-state index >= 15 is 0 Å². The van der Waals surface area contributed by atoms with Crippen LogP contribution in [0.15, 0.2) is 0 Å². The van der Waals surface area contributed by atoms with Gasteiger partial charge in [0.25, 0.3) is 0 Å². The van der Waals surface area contributed by atoms with E-state index < -0.39 is 0 Å². The van der Waals surface area contributed by atoms with E-state index in [4.69, 9.17) is 9.47 Å². The van der Waals surface area contributed by atoms with Gasteiger partial charge in [-0.3, -0.25) is 0 Å². The highest BCUT2D eigenvalue weighted by Crippen LogP contribution is 2.18. The van der Waals surface area contributed by atoms with Crippen LogP contribution in [0, 0.1) is 6.92 Å². The molecule has 0 spiro atoms. The molecule has 0 saturated carbocycles. The maximum Gasteiger partial charge on any atom is 0.358 e. The summed E-state index contributed by atoms with van der Waals surface area (Å²) in [6.07, 6.45) is 0.749. The van der Waals surface area contributed by atoms with Crippen molar-refractivity contribution in [3.05, 3.63) is 15.6 Å². The minimum atomic E-state index is -0.334. The molecule has 0 aromatic carbocycles. The highest BCUT2D eigenvalue weighted by molar-refractivity contribution is 7.11. The van der Waals surface area contributed by atoms with E-state index in [0.717, 1.165) is 16.3 Å². The standard InChI is InChI=1S/C11H17NO3S/c1-4-14-7-6-9-12-10(8(3)16-9)11(13)15-5-2/h4-7H2,1-3H3. The summed E-state index contributed by atoms with van der Waals surface area (Å²) in [5.74, 6) is -0.334. The molecule has 0 aliphatic carbocycles. The molecule has 1 aromatic heterocycles. The van der Waals surface area contributed by atoms with Crippen molar-refractivity contribution >= 4 is 17.3 Å². The molecule has 0 N–H and O–H groups in total. The second-order valence-electron chi connectivity index (χ2n) is 3.18. The molecule has 0 aliphatic rings. The molecular formula is C11H17NO3S. The number of hydrogen-bond acceptors (Lipinski definition) is 5. The molecule has 5 heteroatoms. The van der Waals surface area contributed by atoms with Crippen molar-refractivity contribution in [1.29, 1.82) is 0 Å². The predicted molar refractivity (Wildman–Crippen MR) is 63.0 cm³/mol. The van der Waals surface area contributed by atoms with Gasteiger partial charge in [0, 0.05) is 17.9 Å². The Balaban J connectivity index is 2.62. The third-order valence-corrected chi connectivity index (χ3v) is 3.00.